The van der Waals surface area contributed by atoms with Gasteiger partial charge in [0, 0.05) is 28.3 Å². The summed E-state index contributed by atoms with van der Waals surface area (Å²) in [7, 11) is 0. The van der Waals surface area contributed by atoms with Crippen LogP contribution in [0.5, 0.6) is 0 Å². The molecule has 0 radical (unpaired) electrons. The van der Waals surface area contributed by atoms with Crippen molar-refractivity contribution in [2.45, 2.75) is 29.1 Å². The van der Waals surface area contributed by atoms with E-state index in [1.807, 2.05) is 54.6 Å². The van der Waals surface area contributed by atoms with Gasteiger partial charge in [0.15, 0.2) is 6.61 Å². The molecule has 2 aromatic carbocycles. The Kier molecular flexibility index (Phi) is 8.23. The third kappa shape index (κ3) is 7.17. The van der Waals surface area contributed by atoms with Crippen LogP contribution in [0.1, 0.15) is 28.9 Å². The van der Waals surface area contributed by atoms with Crippen molar-refractivity contribution in [3.63, 3.8) is 0 Å². The number of ketones is 1. The fourth-order valence-corrected chi connectivity index (χ4v) is 4.06. The molecule has 30 heavy (non-hydrogen) atoms. The Morgan fingerprint density at radius 2 is 1.60 bits per heavy atom. The predicted octanol–water partition coefficient (Wildman–Crippen LogP) is 5.43. The number of Topliss-reactive ketones (excluding diaryl/α,β-unsaturated/α-hetero) is 1. The fourth-order valence-electron chi connectivity index (χ4n) is 2.57. The van der Waals surface area contributed by atoms with Crippen molar-refractivity contribution in [1.29, 1.82) is 0 Å². The van der Waals surface area contributed by atoms with Gasteiger partial charge in [0.05, 0.1) is 4.88 Å². The fraction of sp³-hybridized carbons (Fsp3) is 0.174. The molecule has 5 nitrogen and oxygen atoms in total. The molecule has 1 N–H and O–H groups in total. The zero-order valence-electron chi connectivity index (χ0n) is 16.2. The molecule has 0 fully saturated rings. The van der Waals surface area contributed by atoms with E-state index < -0.39 is 5.97 Å². The minimum Gasteiger partial charge on any atom is -0.457 e. The number of hydrogen-bond donors (Lipinski definition) is 1. The number of amides is 1. The molecule has 3 aromatic rings. The zero-order valence-corrected chi connectivity index (χ0v) is 17.8. The van der Waals surface area contributed by atoms with Crippen LogP contribution in [0.15, 0.2) is 81.9 Å². The molecule has 1 amide bonds. The smallest absolute Gasteiger partial charge is 0.306 e. The lowest BCUT2D eigenvalue weighted by atomic mass is 10.2. The second kappa shape index (κ2) is 11.3. The summed E-state index contributed by atoms with van der Waals surface area (Å²) in [5.74, 6) is -0.860. The van der Waals surface area contributed by atoms with Crippen LogP contribution < -0.4 is 5.32 Å². The normalized spacial score (nSPS) is 10.4. The standard InChI is InChI=1S/C23H21NO4S2/c25-20(21-8-5-15-29-21)16-28-23(27)10-4-9-22(26)24-17-11-13-19(14-12-17)30-18-6-2-1-3-7-18/h1-3,5-8,11-15H,4,9-10,16H2,(H,24,26). The topological polar surface area (TPSA) is 72.5 Å². The van der Waals surface area contributed by atoms with Crippen LogP contribution in [0.2, 0.25) is 0 Å². The van der Waals surface area contributed by atoms with Crippen LogP contribution in [0, 0.1) is 0 Å². The number of anilines is 1. The summed E-state index contributed by atoms with van der Waals surface area (Å²) in [4.78, 5) is 38.4. The molecule has 154 valence electrons. The third-order valence-electron chi connectivity index (χ3n) is 4.06. The van der Waals surface area contributed by atoms with Crippen LogP contribution in [-0.4, -0.2) is 24.3 Å². The van der Waals surface area contributed by atoms with Gasteiger partial charge >= 0.3 is 5.97 Å². The molecule has 0 unspecified atom stereocenters. The van der Waals surface area contributed by atoms with Gasteiger partial charge in [0.1, 0.15) is 0 Å². The maximum absolute atomic E-state index is 12.1. The van der Waals surface area contributed by atoms with Gasteiger partial charge in [-0.1, -0.05) is 36.0 Å². The number of rotatable bonds is 10. The molecular formula is C23H21NO4S2. The first-order valence-electron chi connectivity index (χ1n) is 9.45. The zero-order chi connectivity index (χ0) is 21.2. The largest absolute Gasteiger partial charge is 0.457 e. The Morgan fingerprint density at radius 1 is 0.867 bits per heavy atom. The van der Waals surface area contributed by atoms with Crippen LogP contribution in [0.4, 0.5) is 5.69 Å². The number of carbonyl (C=O) groups excluding carboxylic acids is 3. The van der Waals surface area contributed by atoms with Gasteiger partial charge in [-0.25, -0.2) is 0 Å². The van der Waals surface area contributed by atoms with E-state index in [-0.39, 0.29) is 31.1 Å². The molecule has 1 heterocycles. The number of benzene rings is 2. The minimum absolute atomic E-state index is 0.0950. The summed E-state index contributed by atoms with van der Waals surface area (Å²) in [5.41, 5.74) is 0.710. The number of esters is 1. The number of carbonyl (C=O) groups is 3. The van der Waals surface area contributed by atoms with Gasteiger partial charge in [-0.3, -0.25) is 14.4 Å². The van der Waals surface area contributed by atoms with Gasteiger partial charge in [-0.15, -0.1) is 11.3 Å². The van der Waals surface area contributed by atoms with Crippen LogP contribution in [0.3, 0.4) is 0 Å². The first-order valence-corrected chi connectivity index (χ1v) is 11.1. The average molecular weight is 440 g/mol. The van der Waals surface area contributed by atoms with E-state index in [0.29, 0.717) is 17.0 Å². The van der Waals surface area contributed by atoms with Crippen molar-refractivity contribution in [3.05, 3.63) is 77.0 Å². The minimum atomic E-state index is -0.477. The van der Waals surface area contributed by atoms with E-state index in [0.717, 1.165) is 9.79 Å². The van der Waals surface area contributed by atoms with Crippen molar-refractivity contribution in [3.8, 4) is 0 Å². The quantitative estimate of drug-likeness (QED) is 0.337. The maximum Gasteiger partial charge on any atom is 0.306 e. The highest BCUT2D eigenvalue weighted by molar-refractivity contribution is 7.99. The molecule has 7 heteroatoms. The summed E-state index contributed by atoms with van der Waals surface area (Å²) < 4.78 is 4.97. The molecule has 1 aromatic heterocycles. The third-order valence-corrected chi connectivity index (χ3v) is 5.99. The summed E-state index contributed by atoms with van der Waals surface area (Å²) >= 11 is 2.96. The Balaban J connectivity index is 1.34. The molecule has 3 rings (SSSR count). The van der Waals surface area contributed by atoms with Crippen LogP contribution in [0.25, 0.3) is 0 Å². The van der Waals surface area contributed by atoms with Crippen LogP contribution >= 0.6 is 23.1 Å². The van der Waals surface area contributed by atoms with E-state index in [2.05, 4.69) is 5.32 Å². The second-order valence-corrected chi connectivity index (χ2v) is 8.50. The number of nitrogens with one attached hydrogen (secondary N) is 1. The molecule has 0 spiro atoms. The Morgan fingerprint density at radius 3 is 2.30 bits per heavy atom. The van der Waals surface area contributed by atoms with Crippen molar-refractivity contribution in [2.24, 2.45) is 0 Å². The van der Waals surface area contributed by atoms with Crippen molar-refractivity contribution in [1.82, 2.24) is 0 Å². The lowest BCUT2D eigenvalue weighted by Gasteiger charge is -2.07. The Labute approximate surface area is 183 Å². The Hall–Kier alpha value is -2.90. The molecule has 0 aliphatic heterocycles. The highest BCUT2D eigenvalue weighted by atomic mass is 32.2. The monoisotopic (exact) mass is 439 g/mol. The summed E-state index contributed by atoms with van der Waals surface area (Å²) in [5, 5.41) is 4.62. The van der Waals surface area contributed by atoms with E-state index in [1.54, 1.807) is 29.3 Å². The first-order chi connectivity index (χ1) is 14.6. The molecule has 0 bridgehead atoms. The molecule has 0 aliphatic rings. The molecule has 0 saturated carbocycles. The van der Waals surface area contributed by atoms with Crippen molar-refractivity contribution in [2.75, 3.05) is 11.9 Å². The summed E-state index contributed by atoms with van der Waals surface area (Å²) in [6.45, 7) is -0.265. The van der Waals surface area contributed by atoms with Crippen molar-refractivity contribution < 1.29 is 19.1 Å². The van der Waals surface area contributed by atoms with Gasteiger partial charge in [-0.2, -0.15) is 0 Å². The number of hydrogen-bond acceptors (Lipinski definition) is 6. The predicted molar refractivity (Wildman–Crippen MR) is 119 cm³/mol. The summed E-state index contributed by atoms with van der Waals surface area (Å²) in [6.07, 6.45) is 0.659. The Bertz CT molecular complexity index is 970. The lowest BCUT2D eigenvalue weighted by molar-refractivity contribution is -0.142. The van der Waals surface area contributed by atoms with E-state index in [1.165, 1.54) is 11.3 Å². The van der Waals surface area contributed by atoms with E-state index in [4.69, 9.17) is 4.74 Å². The molecule has 0 aliphatic carbocycles. The van der Waals surface area contributed by atoms with E-state index in [9.17, 15) is 14.4 Å². The van der Waals surface area contributed by atoms with Gasteiger partial charge in [0.2, 0.25) is 11.7 Å². The van der Waals surface area contributed by atoms with Gasteiger partial charge < -0.3 is 10.1 Å². The van der Waals surface area contributed by atoms with Gasteiger partial charge in [-0.05, 0) is 54.3 Å². The first kappa shape index (κ1) is 21.8. The molecule has 0 atom stereocenters. The number of thiophene rings is 1. The van der Waals surface area contributed by atoms with Crippen molar-refractivity contribution >= 4 is 46.4 Å². The average Bonchev–Trinajstić information content (AvgIpc) is 3.29. The SMILES string of the molecule is O=C(CCCC(=O)OCC(=O)c1cccs1)Nc1ccc(Sc2ccccc2)cc1. The van der Waals surface area contributed by atoms with E-state index >= 15 is 0 Å². The van der Waals surface area contributed by atoms with Gasteiger partial charge in [0.25, 0.3) is 0 Å². The molecular weight excluding hydrogens is 418 g/mol. The van der Waals surface area contributed by atoms with Crippen LogP contribution in [-0.2, 0) is 14.3 Å². The molecule has 0 saturated heterocycles. The highest BCUT2D eigenvalue weighted by Crippen LogP contribution is 2.28. The lowest BCUT2D eigenvalue weighted by Crippen LogP contribution is -2.15. The number of ether oxygens (including phenoxy) is 1. The summed E-state index contributed by atoms with van der Waals surface area (Å²) in [6, 6.07) is 21.1. The maximum atomic E-state index is 12.1. The second-order valence-electron chi connectivity index (χ2n) is 6.40. The highest BCUT2D eigenvalue weighted by Gasteiger charge is 2.11.